The molecule has 0 radical (unpaired) electrons. The molecule has 3 aromatic rings. The standard InChI is InChI=1S/C25H26N4O3/c1-16-8-13-23-21(14-16)25(27-19-6-4-3-5-7-19)22(15-26-17(2)30)24(28-23)18-9-11-20(12-10-18)29(31)32/h3-14,22,24-25,27-28H,15H2,1-2H3,(H,26,30)/t22-,24+,25+/m0/s1. The van der Waals surface area contributed by atoms with E-state index in [0.29, 0.717) is 6.54 Å². The van der Waals surface area contributed by atoms with Gasteiger partial charge < -0.3 is 16.0 Å². The topological polar surface area (TPSA) is 96.3 Å². The fourth-order valence-corrected chi connectivity index (χ4v) is 4.30. The third-order valence-electron chi connectivity index (χ3n) is 5.86. The first kappa shape index (κ1) is 21.4. The van der Waals surface area contributed by atoms with Crippen LogP contribution in [0.5, 0.6) is 0 Å². The van der Waals surface area contributed by atoms with Crippen LogP contribution in [0.4, 0.5) is 17.1 Å². The minimum absolute atomic E-state index is 0.0464. The Morgan fingerprint density at radius 3 is 2.44 bits per heavy atom. The number of fused-ring (bicyclic) bond motifs is 1. The van der Waals surface area contributed by atoms with Gasteiger partial charge in [-0.25, -0.2) is 0 Å². The Balaban J connectivity index is 1.78. The molecule has 1 heterocycles. The molecule has 0 spiro atoms. The van der Waals surface area contributed by atoms with Gasteiger partial charge in [-0.2, -0.15) is 0 Å². The minimum Gasteiger partial charge on any atom is -0.378 e. The van der Waals surface area contributed by atoms with Crippen LogP contribution in [0.15, 0.2) is 72.8 Å². The van der Waals surface area contributed by atoms with Crippen LogP contribution >= 0.6 is 0 Å². The van der Waals surface area contributed by atoms with Crippen molar-refractivity contribution in [1.82, 2.24) is 5.32 Å². The monoisotopic (exact) mass is 430 g/mol. The quantitative estimate of drug-likeness (QED) is 0.379. The number of nitrogens with one attached hydrogen (secondary N) is 3. The van der Waals surface area contributed by atoms with E-state index in [4.69, 9.17) is 0 Å². The lowest BCUT2D eigenvalue weighted by atomic mass is 9.78. The second kappa shape index (κ2) is 9.09. The van der Waals surface area contributed by atoms with Crippen molar-refractivity contribution >= 4 is 23.0 Å². The lowest BCUT2D eigenvalue weighted by molar-refractivity contribution is -0.384. The number of carbonyl (C=O) groups is 1. The number of nitro benzene ring substituents is 1. The van der Waals surface area contributed by atoms with Crippen molar-refractivity contribution in [2.45, 2.75) is 25.9 Å². The number of hydrogen-bond donors (Lipinski definition) is 3. The molecule has 0 saturated carbocycles. The number of anilines is 2. The van der Waals surface area contributed by atoms with Gasteiger partial charge in [-0.05, 0) is 36.2 Å². The van der Waals surface area contributed by atoms with Crippen molar-refractivity contribution in [1.29, 1.82) is 0 Å². The van der Waals surface area contributed by atoms with Crippen LogP contribution in [-0.2, 0) is 4.79 Å². The number of carbonyl (C=O) groups excluding carboxylic acids is 1. The Labute approximate surface area is 187 Å². The number of nitrogens with zero attached hydrogens (tertiary/aromatic N) is 1. The first-order valence-electron chi connectivity index (χ1n) is 10.6. The summed E-state index contributed by atoms with van der Waals surface area (Å²) < 4.78 is 0. The lowest BCUT2D eigenvalue weighted by Crippen LogP contribution is -2.42. The molecule has 7 nitrogen and oxygen atoms in total. The van der Waals surface area contributed by atoms with Crippen LogP contribution in [0.2, 0.25) is 0 Å². The number of para-hydroxylation sites is 1. The Kier molecular flexibility index (Phi) is 6.07. The molecule has 0 saturated heterocycles. The normalized spacial score (nSPS) is 19.4. The molecular formula is C25H26N4O3. The van der Waals surface area contributed by atoms with Gasteiger partial charge in [0, 0.05) is 42.9 Å². The molecule has 3 atom stereocenters. The van der Waals surface area contributed by atoms with Gasteiger partial charge in [-0.3, -0.25) is 14.9 Å². The third-order valence-corrected chi connectivity index (χ3v) is 5.86. The van der Waals surface area contributed by atoms with E-state index in [1.54, 1.807) is 12.1 Å². The third kappa shape index (κ3) is 4.56. The Hall–Kier alpha value is -3.87. The molecule has 1 aliphatic rings. The predicted octanol–water partition coefficient (Wildman–Crippen LogP) is 4.98. The fourth-order valence-electron chi connectivity index (χ4n) is 4.30. The van der Waals surface area contributed by atoms with Crippen LogP contribution < -0.4 is 16.0 Å². The zero-order valence-corrected chi connectivity index (χ0v) is 18.0. The highest BCUT2D eigenvalue weighted by Gasteiger charge is 2.37. The molecular weight excluding hydrogens is 404 g/mol. The van der Waals surface area contributed by atoms with Gasteiger partial charge >= 0.3 is 0 Å². The molecule has 0 unspecified atom stereocenters. The Bertz CT molecular complexity index is 1120. The van der Waals surface area contributed by atoms with E-state index in [2.05, 4.69) is 41.1 Å². The fraction of sp³-hybridized carbons (Fsp3) is 0.240. The second-order valence-electron chi connectivity index (χ2n) is 8.15. The van der Waals surface area contributed by atoms with Crippen molar-refractivity contribution in [3.05, 3.63) is 99.6 Å². The van der Waals surface area contributed by atoms with Crippen LogP contribution in [0.3, 0.4) is 0 Å². The van der Waals surface area contributed by atoms with E-state index in [1.165, 1.54) is 19.1 Å². The molecule has 4 rings (SSSR count). The average Bonchev–Trinajstić information content (AvgIpc) is 2.79. The number of non-ortho nitro benzene ring substituents is 1. The summed E-state index contributed by atoms with van der Waals surface area (Å²) in [4.78, 5) is 22.5. The molecule has 32 heavy (non-hydrogen) atoms. The van der Waals surface area contributed by atoms with Gasteiger partial charge in [0.05, 0.1) is 17.0 Å². The van der Waals surface area contributed by atoms with Crippen LogP contribution in [0.25, 0.3) is 0 Å². The van der Waals surface area contributed by atoms with E-state index in [1.807, 2.05) is 30.3 Å². The Morgan fingerprint density at radius 1 is 1.06 bits per heavy atom. The van der Waals surface area contributed by atoms with E-state index >= 15 is 0 Å². The molecule has 3 aromatic carbocycles. The number of rotatable bonds is 6. The highest BCUT2D eigenvalue weighted by Crippen LogP contribution is 2.45. The van der Waals surface area contributed by atoms with E-state index in [9.17, 15) is 14.9 Å². The first-order chi connectivity index (χ1) is 15.4. The number of aryl methyl sites for hydroxylation is 1. The average molecular weight is 431 g/mol. The molecule has 1 amide bonds. The number of hydrogen-bond acceptors (Lipinski definition) is 5. The summed E-state index contributed by atoms with van der Waals surface area (Å²) in [6, 6.07) is 22.7. The largest absolute Gasteiger partial charge is 0.378 e. The summed E-state index contributed by atoms with van der Waals surface area (Å²) in [6.07, 6.45) is 0. The summed E-state index contributed by atoms with van der Waals surface area (Å²) >= 11 is 0. The Morgan fingerprint density at radius 2 is 1.78 bits per heavy atom. The summed E-state index contributed by atoms with van der Waals surface area (Å²) in [6.45, 7) is 4.02. The summed E-state index contributed by atoms with van der Waals surface area (Å²) in [7, 11) is 0. The second-order valence-corrected chi connectivity index (χ2v) is 8.15. The van der Waals surface area contributed by atoms with E-state index < -0.39 is 4.92 Å². The molecule has 1 aliphatic heterocycles. The lowest BCUT2D eigenvalue weighted by Gasteiger charge is -2.42. The molecule has 3 N–H and O–H groups in total. The van der Waals surface area contributed by atoms with Gasteiger partial charge in [0.25, 0.3) is 5.69 Å². The van der Waals surface area contributed by atoms with Crippen LogP contribution in [0.1, 0.15) is 35.7 Å². The predicted molar refractivity (Wildman–Crippen MR) is 126 cm³/mol. The number of nitro groups is 1. The number of amides is 1. The van der Waals surface area contributed by atoms with Gasteiger partial charge in [0.2, 0.25) is 5.91 Å². The SMILES string of the molecule is CC(=O)NC[C@H]1[C@@H](c2ccc([N+](=O)[O-])cc2)Nc2ccc(C)cc2[C@H]1Nc1ccccc1. The van der Waals surface area contributed by atoms with Gasteiger partial charge in [-0.1, -0.05) is 48.0 Å². The van der Waals surface area contributed by atoms with Crippen LogP contribution in [0, 0.1) is 23.0 Å². The molecule has 0 aromatic heterocycles. The summed E-state index contributed by atoms with van der Waals surface area (Å²) in [5.74, 6) is -0.143. The summed E-state index contributed by atoms with van der Waals surface area (Å²) in [5.41, 5.74) is 5.25. The maximum absolute atomic E-state index is 11.8. The zero-order valence-electron chi connectivity index (χ0n) is 18.0. The molecule has 0 bridgehead atoms. The van der Waals surface area contributed by atoms with Gasteiger partial charge in [-0.15, -0.1) is 0 Å². The van der Waals surface area contributed by atoms with Crippen LogP contribution in [-0.4, -0.2) is 17.4 Å². The highest BCUT2D eigenvalue weighted by atomic mass is 16.6. The van der Waals surface area contributed by atoms with Crippen molar-refractivity contribution in [2.75, 3.05) is 17.2 Å². The molecule has 0 fully saturated rings. The van der Waals surface area contributed by atoms with Crippen molar-refractivity contribution in [3.8, 4) is 0 Å². The zero-order chi connectivity index (χ0) is 22.7. The first-order valence-corrected chi connectivity index (χ1v) is 10.6. The molecule has 7 heteroatoms. The minimum atomic E-state index is -0.398. The maximum atomic E-state index is 11.8. The van der Waals surface area contributed by atoms with Gasteiger partial charge in [0.1, 0.15) is 0 Å². The smallest absolute Gasteiger partial charge is 0.269 e. The van der Waals surface area contributed by atoms with Crippen molar-refractivity contribution in [3.63, 3.8) is 0 Å². The van der Waals surface area contributed by atoms with E-state index in [-0.39, 0.29) is 29.6 Å². The molecule has 0 aliphatic carbocycles. The van der Waals surface area contributed by atoms with Crippen molar-refractivity contribution < 1.29 is 9.72 Å². The highest BCUT2D eigenvalue weighted by molar-refractivity contribution is 5.73. The maximum Gasteiger partial charge on any atom is 0.269 e. The van der Waals surface area contributed by atoms with Crippen molar-refractivity contribution in [2.24, 2.45) is 5.92 Å². The van der Waals surface area contributed by atoms with Gasteiger partial charge in [0.15, 0.2) is 0 Å². The number of benzene rings is 3. The molecule has 164 valence electrons. The summed E-state index contributed by atoms with van der Waals surface area (Å²) in [5, 5.41) is 21.4. The van der Waals surface area contributed by atoms with E-state index in [0.717, 1.165) is 28.1 Å².